The second-order valence-corrected chi connectivity index (χ2v) is 7.02. The van der Waals surface area contributed by atoms with E-state index in [-0.39, 0.29) is 22.0 Å². The molecule has 0 radical (unpaired) electrons. The fraction of sp³-hybridized carbons (Fsp3) is 0.190. The van der Waals surface area contributed by atoms with Gasteiger partial charge in [-0.05, 0) is 36.3 Å². The third-order valence-corrected chi connectivity index (χ3v) is 4.69. The van der Waals surface area contributed by atoms with Gasteiger partial charge in [0.1, 0.15) is 5.57 Å². The number of benzene rings is 2. The summed E-state index contributed by atoms with van der Waals surface area (Å²) in [7, 11) is 1.42. The second kappa shape index (κ2) is 9.48. The number of hydrogen-bond donors (Lipinski definition) is 1. The van der Waals surface area contributed by atoms with Gasteiger partial charge in [-0.1, -0.05) is 24.6 Å². The Morgan fingerprint density at radius 2 is 1.97 bits per heavy atom. The number of nitrogens with one attached hydrogen (secondary N) is 1. The number of halogens is 1. The Morgan fingerprint density at radius 3 is 2.62 bits per heavy atom. The average Bonchev–Trinajstić information content (AvgIpc) is 2.75. The molecular formula is C21H18ClN3O7. The van der Waals surface area contributed by atoms with Crippen molar-refractivity contribution in [2.45, 2.75) is 13.3 Å². The van der Waals surface area contributed by atoms with Gasteiger partial charge in [-0.2, -0.15) is 0 Å². The van der Waals surface area contributed by atoms with Crippen molar-refractivity contribution in [1.29, 1.82) is 0 Å². The van der Waals surface area contributed by atoms with Crippen LogP contribution < -0.4 is 19.7 Å². The lowest BCUT2D eigenvalue weighted by Crippen LogP contribution is -2.54. The summed E-state index contributed by atoms with van der Waals surface area (Å²) >= 11 is 6.29. The molecule has 166 valence electrons. The molecule has 2 aromatic carbocycles. The monoisotopic (exact) mass is 459 g/mol. The van der Waals surface area contributed by atoms with E-state index in [0.29, 0.717) is 28.6 Å². The molecule has 0 atom stereocenters. The van der Waals surface area contributed by atoms with Crippen LogP contribution in [0.5, 0.6) is 11.5 Å². The molecule has 1 heterocycles. The van der Waals surface area contributed by atoms with Crippen molar-refractivity contribution in [3.05, 3.63) is 62.7 Å². The first-order valence-corrected chi connectivity index (χ1v) is 9.80. The van der Waals surface area contributed by atoms with E-state index in [1.54, 1.807) is 0 Å². The Balaban J connectivity index is 2.02. The van der Waals surface area contributed by atoms with Crippen LogP contribution in [0.1, 0.15) is 18.9 Å². The molecule has 1 fully saturated rings. The van der Waals surface area contributed by atoms with Crippen LogP contribution in [0.25, 0.3) is 6.08 Å². The Hall–Kier alpha value is -3.92. The minimum Gasteiger partial charge on any atom is -0.493 e. The predicted molar refractivity (Wildman–Crippen MR) is 116 cm³/mol. The Morgan fingerprint density at radius 1 is 1.22 bits per heavy atom. The van der Waals surface area contributed by atoms with E-state index < -0.39 is 22.8 Å². The fourth-order valence-electron chi connectivity index (χ4n) is 2.97. The van der Waals surface area contributed by atoms with Gasteiger partial charge in [-0.15, -0.1) is 0 Å². The first-order chi connectivity index (χ1) is 15.3. The molecule has 1 aliphatic rings. The Labute approximate surface area is 187 Å². The Bertz CT molecular complexity index is 1150. The normalized spacial score (nSPS) is 15.0. The standard InChI is InChI=1S/C21H18ClN3O7/c1-3-7-32-18-16(22)9-12(10-17(18)31-2)8-15-19(26)23-21(28)24(20(15)27)13-5-4-6-14(11-13)25(29)30/h4-6,8-11H,3,7H2,1-2H3,(H,23,26,28)/b15-8-. The van der Waals surface area contributed by atoms with Crippen LogP contribution >= 0.6 is 11.6 Å². The lowest BCUT2D eigenvalue weighted by atomic mass is 10.1. The van der Waals surface area contributed by atoms with Gasteiger partial charge in [0.05, 0.1) is 29.4 Å². The lowest BCUT2D eigenvalue weighted by molar-refractivity contribution is -0.384. The third-order valence-electron chi connectivity index (χ3n) is 4.41. The molecule has 2 aromatic rings. The highest BCUT2D eigenvalue weighted by Crippen LogP contribution is 2.37. The average molecular weight is 460 g/mol. The van der Waals surface area contributed by atoms with E-state index in [0.717, 1.165) is 12.5 Å². The topological polar surface area (TPSA) is 128 Å². The number of anilines is 1. The van der Waals surface area contributed by atoms with Crippen molar-refractivity contribution in [3.8, 4) is 11.5 Å². The zero-order valence-corrected chi connectivity index (χ0v) is 17.8. The van der Waals surface area contributed by atoms with E-state index in [9.17, 15) is 24.5 Å². The lowest BCUT2D eigenvalue weighted by Gasteiger charge is -2.26. The maximum Gasteiger partial charge on any atom is 0.335 e. The summed E-state index contributed by atoms with van der Waals surface area (Å²) in [5.74, 6) is -1.23. The van der Waals surface area contributed by atoms with Gasteiger partial charge in [-0.3, -0.25) is 25.0 Å². The number of non-ortho nitro benzene ring substituents is 1. The van der Waals surface area contributed by atoms with Crippen molar-refractivity contribution in [2.75, 3.05) is 18.6 Å². The second-order valence-electron chi connectivity index (χ2n) is 6.62. The van der Waals surface area contributed by atoms with Gasteiger partial charge in [0.25, 0.3) is 17.5 Å². The molecule has 1 saturated heterocycles. The highest BCUT2D eigenvalue weighted by atomic mass is 35.5. The van der Waals surface area contributed by atoms with Crippen LogP contribution in [0.3, 0.4) is 0 Å². The van der Waals surface area contributed by atoms with Crippen LogP contribution in [-0.2, 0) is 9.59 Å². The molecule has 0 spiro atoms. The highest BCUT2D eigenvalue weighted by Gasteiger charge is 2.37. The smallest absolute Gasteiger partial charge is 0.335 e. The first kappa shape index (κ1) is 22.8. The van der Waals surface area contributed by atoms with Gasteiger partial charge in [-0.25, -0.2) is 9.69 Å². The summed E-state index contributed by atoms with van der Waals surface area (Å²) in [4.78, 5) is 48.7. The van der Waals surface area contributed by atoms with Gasteiger partial charge in [0.2, 0.25) is 0 Å². The van der Waals surface area contributed by atoms with E-state index in [1.807, 2.05) is 6.92 Å². The summed E-state index contributed by atoms with van der Waals surface area (Å²) in [6.07, 6.45) is 1.99. The van der Waals surface area contributed by atoms with Gasteiger partial charge in [0.15, 0.2) is 11.5 Å². The molecule has 0 saturated carbocycles. The number of nitro groups is 1. The SMILES string of the molecule is CCCOc1c(Cl)cc(/C=C2/C(=O)NC(=O)N(c3cccc([N+](=O)[O-])c3)C2=O)cc1OC. The third kappa shape index (κ3) is 4.54. The number of nitro benzene ring substituents is 1. The van der Waals surface area contributed by atoms with Crippen LogP contribution in [0.15, 0.2) is 42.0 Å². The van der Waals surface area contributed by atoms with E-state index in [4.69, 9.17) is 21.1 Å². The maximum absolute atomic E-state index is 13.0. The van der Waals surface area contributed by atoms with Crippen molar-refractivity contribution < 1.29 is 28.8 Å². The molecule has 3 rings (SSSR count). The minimum atomic E-state index is -1.02. The minimum absolute atomic E-state index is 0.0565. The zero-order chi connectivity index (χ0) is 23.4. The molecule has 0 bridgehead atoms. The van der Waals surface area contributed by atoms with Gasteiger partial charge < -0.3 is 9.47 Å². The number of urea groups is 1. The molecule has 1 N–H and O–H groups in total. The quantitative estimate of drug-likeness (QED) is 0.289. The molecule has 10 nitrogen and oxygen atoms in total. The fourth-order valence-corrected chi connectivity index (χ4v) is 3.25. The molecular weight excluding hydrogens is 442 g/mol. The molecule has 0 unspecified atom stereocenters. The van der Waals surface area contributed by atoms with Crippen LogP contribution in [0.2, 0.25) is 5.02 Å². The van der Waals surface area contributed by atoms with Crippen molar-refractivity contribution in [1.82, 2.24) is 5.32 Å². The number of rotatable bonds is 7. The number of hydrogen-bond acceptors (Lipinski definition) is 7. The number of amides is 4. The molecule has 4 amide bonds. The molecule has 0 aromatic heterocycles. The number of barbiturate groups is 1. The van der Waals surface area contributed by atoms with Gasteiger partial charge in [0, 0.05) is 12.1 Å². The van der Waals surface area contributed by atoms with Crippen molar-refractivity contribution in [2.24, 2.45) is 0 Å². The van der Waals surface area contributed by atoms with Crippen LogP contribution in [0, 0.1) is 10.1 Å². The predicted octanol–water partition coefficient (Wildman–Crippen LogP) is 3.71. The van der Waals surface area contributed by atoms with E-state index >= 15 is 0 Å². The molecule has 11 heteroatoms. The zero-order valence-electron chi connectivity index (χ0n) is 17.1. The summed E-state index contributed by atoms with van der Waals surface area (Å²) in [6.45, 7) is 2.35. The van der Waals surface area contributed by atoms with Gasteiger partial charge >= 0.3 is 6.03 Å². The molecule has 1 aliphatic heterocycles. The highest BCUT2D eigenvalue weighted by molar-refractivity contribution is 6.39. The maximum atomic E-state index is 13.0. The number of imide groups is 2. The molecule has 0 aliphatic carbocycles. The first-order valence-electron chi connectivity index (χ1n) is 9.43. The van der Waals surface area contributed by atoms with Crippen LogP contribution in [-0.4, -0.2) is 36.5 Å². The summed E-state index contributed by atoms with van der Waals surface area (Å²) in [5, 5.41) is 13.3. The largest absolute Gasteiger partial charge is 0.493 e. The van der Waals surface area contributed by atoms with Crippen LogP contribution in [0.4, 0.5) is 16.2 Å². The summed E-state index contributed by atoms with van der Waals surface area (Å²) in [5.41, 5.74) is -0.386. The summed E-state index contributed by atoms with van der Waals surface area (Å²) in [6, 6.07) is 6.94. The number of ether oxygens (including phenoxy) is 2. The molecule has 32 heavy (non-hydrogen) atoms. The summed E-state index contributed by atoms with van der Waals surface area (Å²) < 4.78 is 10.9. The number of carbonyl (C=O) groups is 3. The number of methoxy groups -OCH3 is 1. The number of carbonyl (C=O) groups excluding carboxylic acids is 3. The van der Waals surface area contributed by atoms with Crippen molar-refractivity contribution in [3.63, 3.8) is 0 Å². The number of nitrogens with zero attached hydrogens (tertiary/aromatic N) is 2. The van der Waals surface area contributed by atoms with E-state index in [2.05, 4.69) is 5.32 Å². The van der Waals surface area contributed by atoms with E-state index in [1.165, 1.54) is 43.5 Å². The van der Waals surface area contributed by atoms with Crippen molar-refractivity contribution >= 4 is 46.9 Å². The Kier molecular flexibility index (Phi) is 6.74.